The fraction of sp³-hybridized carbons (Fsp3) is 1.00. The molecule has 0 aromatic carbocycles. The van der Waals surface area contributed by atoms with E-state index in [-0.39, 0.29) is 0 Å². The quantitative estimate of drug-likeness (QED) is 0.561. The molecular formula is C15H29Cl. The number of alkyl halides is 1. The fourth-order valence-corrected chi connectivity index (χ4v) is 3.75. The molecule has 1 aliphatic carbocycles. The Morgan fingerprint density at radius 3 is 2.44 bits per heavy atom. The Morgan fingerprint density at radius 1 is 1.19 bits per heavy atom. The summed E-state index contributed by atoms with van der Waals surface area (Å²) in [6.07, 6.45) is 7.97. The van der Waals surface area contributed by atoms with Gasteiger partial charge in [0.2, 0.25) is 0 Å². The zero-order valence-electron chi connectivity index (χ0n) is 11.5. The number of halogens is 1. The molecule has 0 spiro atoms. The van der Waals surface area contributed by atoms with E-state index in [4.69, 9.17) is 11.6 Å². The molecule has 4 atom stereocenters. The molecule has 0 bridgehead atoms. The highest BCUT2D eigenvalue weighted by atomic mass is 35.5. The highest BCUT2D eigenvalue weighted by Gasteiger charge is 2.34. The van der Waals surface area contributed by atoms with Crippen LogP contribution in [0.3, 0.4) is 0 Å². The van der Waals surface area contributed by atoms with Crippen LogP contribution in [0.15, 0.2) is 0 Å². The first-order chi connectivity index (χ1) is 7.56. The van der Waals surface area contributed by atoms with Gasteiger partial charge in [0, 0.05) is 5.38 Å². The van der Waals surface area contributed by atoms with Crippen LogP contribution in [0.2, 0.25) is 0 Å². The van der Waals surface area contributed by atoms with Crippen molar-refractivity contribution in [3.05, 3.63) is 0 Å². The highest BCUT2D eigenvalue weighted by molar-refractivity contribution is 6.20. The lowest BCUT2D eigenvalue weighted by Gasteiger charge is -2.40. The first-order valence-electron chi connectivity index (χ1n) is 7.20. The number of hydrogen-bond acceptors (Lipinski definition) is 0. The van der Waals surface area contributed by atoms with E-state index in [9.17, 15) is 0 Å². The molecule has 1 rings (SSSR count). The van der Waals surface area contributed by atoms with Gasteiger partial charge in [0.05, 0.1) is 0 Å². The van der Waals surface area contributed by atoms with Crippen molar-refractivity contribution in [2.75, 3.05) is 0 Å². The molecule has 1 saturated carbocycles. The van der Waals surface area contributed by atoms with Gasteiger partial charge in [-0.05, 0) is 42.9 Å². The first-order valence-corrected chi connectivity index (χ1v) is 7.64. The summed E-state index contributed by atoms with van der Waals surface area (Å²) in [7, 11) is 0. The molecule has 0 radical (unpaired) electrons. The second-order valence-corrected chi connectivity index (χ2v) is 6.71. The van der Waals surface area contributed by atoms with Gasteiger partial charge in [0.15, 0.2) is 0 Å². The van der Waals surface area contributed by atoms with Gasteiger partial charge >= 0.3 is 0 Å². The van der Waals surface area contributed by atoms with Crippen molar-refractivity contribution in [3.8, 4) is 0 Å². The predicted molar refractivity (Wildman–Crippen MR) is 74.0 cm³/mol. The van der Waals surface area contributed by atoms with Gasteiger partial charge in [0.25, 0.3) is 0 Å². The molecule has 0 nitrogen and oxygen atoms in total. The van der Waals surface area contributed by atoms with Crippen molar-refractivity contribution in [2.45, 2.75) is 71.6 Å². The normalized spacial score (nSPS) is 33.0. The van der Waals surface area contributed by atoms with Crippen LogP contribution in [0.4, 0.5) is 0 Å². The Bertz CT molecular complexity index is 188. The Kier molecular flexibility index (Phi) is 6.18. The third-order valence-electron chi connectivity index (χ3n) is 4.37. The lowest BCUT2D eigenvalue weighted by molar-refractivity contribution is 0.136. The van der Waals surface area contributed by atoms with Crippen LogP contribution >= 0.6 is 11.6 Å². The maximum atomic E-state index is 6.64. The van der Waals surface area contributed by atoms with Gasteiger partial charge in [0.1, 0.15) is 0 Å². The van der Waals surface area contributed by atoms with Crippen LogP contribution in [-0.2, 0) is 0 Å². The summed E-state index contributed by atoms with van der Waals surface area (Å²) in [6, 6.07) is 0. The Labute approximate surface area is 107 Å². The van der Waals surface area contributed by atoms with Crippen LogP contribution in [0.1, 0.15) is 66.2 Å². The van der Waals surface area contributed by atoms with Crippen molar-refractivity contribution in [3.63, 3.8) is 0 Å². The smallest absolute Gasteiger partial charge is 0.0367 e. The molecule has 0 amide bonds. The summed E-state index contributed by atoms with van der Waals surface area (Å²) in [5, 5.41) is 0.426. The van der Waals surface area contributed by atoms with E-state index in [1.807, 2.05) is 0 Å². The second-order valence-electron chi connectivity index (χ2n) is 6.15. The average molecular weight is 245 g/mol. The largest absolute Gasteiger partial charge is 0.123 e. The molecule has 16 heavy (non-hydrogen) atoms. The Balaban J connectivity index is 2.56. The van der Waals surface area contributed by atoms with Crippen LogP contribution in [-0.4, -0.2) is 5.38 Å². The lowest BCUT2D eigenvalue weighted by Crippen LogP contribution is -2.33. The molecular weight excluding hydrogens is 216 g/mol. The third-order valence-corrected chi connectivity index (χ3v) is 4.91. The second kappa shape index (κ2) is 6.89. The first kappa shape index (κ1) is 14.4. The van der Waals surface area contributed by atoms with E-state index in [0.717, 1.165) is 23.7 Å². The van der Waals surface area contributed by atoms with E-state index in [1.54, 1.807) is 0 Å². The van der Waals surface area contributed by atoms with Gasteiger partial charge in [-0.3, -0.25) is 0 Å². The predicted octanol–water partition coefficient (Wildman–Crippen LogP) is 5.49. The molecule has 0 aliphatic heterocycles. The fourth-order valence-electron chi connectivity index (χ4n) is 3.31. The van der Waals surface area contributed by atoms with Crippen LogP contribution in [0, 0.1) is 23.7 Å². The molecule has 0 aromatic rings. The topological polar surface area (TPSA) is 0 Å². The zero-order valence-corrected chi connectivity index (χ0v) is 12.3. The monoisotopic (exact) mass is 244 g/mol. The molecule has 96 valence electrons. The lowest BCUT2D eigenvalue weighted by atomic mass is 9.68. The minimum Gasteiger partial charge on any atom is -0.123 e. The van der Waals surface area contributed by atoms with Crippen LogP contribution in [0.5, 0.6) is 0 Å². The van der Waals surface area contributed by atoms with Gasteiger partial charge in [-0.25, -0.2) is 0 Å². The molecule has 1 aliphatic rings. The summed E-state index contributed by atoms with van der Waals surface area (Å²) >= 11 is 6.64. The minimum atomic E-state index is 0.426. The van der Waals surface area contributed by atoms with Crippen molar-refractivity contribution in [1.82, 2.24) is 0 Å². The van der Waals surface area contributed by atoms with Crippen molar-refractivity contribution in [1.29, 1.82) is 0 Å². The molecule has 0 aromatic heterocycles. The van der Waals surface area contributed by atoms with Crippen molar-refractivity contribution >= 4 is 11.6 Å². The Morgan fingerprint density at radius 2 is 1.88 bits per heavy atom. The number of unbranched alkanes of at least 4 members (excludes halogenated alkanes) is 1. The number of rotatable bonds is 5. The van der Waals surface area contributed by atoms with Gasteiger partial charge in [-0.1, -0.05) is 47.0 Å². The molecule has 0 N–H and O–H groups in total. The summed E-state index contributed by atoms with van der Waals surface area (Å²) in [5.74, 6) is 3.34. The summed E-state index contributed by atoms with van der Waals surface area (Å²) in [5.41, 5.74) is 0. The average Bonchev–Trinajstić information content (AvgIpc) is 2.25. The van der Waals surface area contributed by atoms with E-state index in [0.29, 0.717) is 5.38 Å². The van der Waals surface area contributed by atoms with Gasteiger partial charge < -0.3 is 0 Å². The standard InChI is InChI=1S/C15H29Cl/c1-5-6-7-15(16)14-10-12(4)8-9-13(14)11(2)3/h11-15H,5-10H2,1-4H3. The molecule has 0 heterocycles. The summed E-state index contributed by atoms with van der Waals surface area (Å²) in [6.45, 7) is 9.40. The van der Waals surface area contributed by atoms with Crippen LogP contribution in [0.25, 0.3) is 0 Å². The summed E-state index contributed by atoms with van der Waals surface area (Å²) < 4.78 is 0. The highest BCUT2D eigenvalue weighted by Crippen LogP contribution is 2.42. The van der Waals surface area contributed by atoms with Crippen molar-refractivity contribution in [2.24, 2.45) is 23.7 Å². The van der Waals surface area contributed by atoms with E-state index in [1.165, 1.54) is 38.5 Å². The maximum absolute atomic E-state index is 6.64. The minimum absolute atomic E-state index is 0.426. The third kappa shape index (κ3) is 3.95. The van der Waals surface area contributed by atoms with Gasteiger partial charge in [-0.15, -0.1) is 11.6 Å². The van der Waals surface area contributed by atoms with Crippen molar-refractivity contribution < 1.29 is 0 Å². The molecule has 4 unspecified atom stereocenters. The molecule has 0 saturated heterocycles. The maximum Gasteiger partial charge on any atom is 0.0367 e. The summed E-state index contributed by atoms with van der Waals surface area (Å²) in [4.78, 5) is 0. The van der Waals surface area contributed by atoms with E-state index < -0.39 is 0 Å². The van der Waals surface area contributed by atoms with Gasteiger partial charge in [-0.2, -0.15) is 0 Å². The SMILES string of the molecule is CCCCC(Cl)C1CC(C)CCC1C(C)C. The zero-order chi connectivity index (χ0) is 12.1. The Hall–Kier alpha value is 0.290. The van der Waals surface area contributed by atoms with Crippen LogP contribution < -0.4 is 0 Å². The van der Waals surface area contributed by atoms with E-state index >= 15 is 0 Å². The van der Waals surface area contributed by atoms with E-state index in [2.05, 4.69) is 27.7 Å². The number of hydrogen-bond donors (Lipinski definition) is 0. The molecule has 1 fully saturated rings. The molecule has 1 heteroatoms.